The molecule has 2 aliphatic rings. The number of amides is 1. The van der Waals surface area contributed by atoms with Crippen LogP contribution in [0.15, 0.2) is 30.5 Å². The van der Waals surface area contributed by atoms with Gasteiger partial charge in [-0.05, 0) is 62.9 Å². The van der Waals surface area contributed by atoms with Gasteiger partial charge in [-0.3, -0.25) is 4.79 Å². The first-order valence-corrected chi connectivity index (χ1v) is 8.50. The Balaban J connectivity index is 1.49. The van der Waals surface area contributed by atoms with Gasteiger partial charge in [0.05, 0.1) is 6.04 Å². The van der Waals surface area contributed by atoms with Crippen LogP contribution in [0.2, 0.25) is 0 Å². The zero-order valence-corrected chi connectivity index (χ0v) is 13.2. The Morgan fingerprint density at radius 3 is 2.87 bits per heavy atom. The Morgan fingerprint density at radius 1 is 1.22 bits per heavy atom. The average molecular weight is 310 g/mol. The van der Waals surface area contributed by atoms with Crippen molar-refractivity contribution in [1.82, 2.24) is 14.9 Å². The van der Waals surface area contributed by atoms with Gasteiger partial charge in [-0.15, -0.1) is 0 Å². The van der Waals surface area contributed by atoms with Gasteiger partial charge in [0.15, 0.2) is 0 Å². The maximum Gasteiger partial charge on any atom is 0.241 e. The number of carbonyl (C=O) groups is 1. The fourth-order valence-electron chi connectivity index (χ4n) is 3.51. The molecule has 0 spiro atoms. The molecule has 2 aromatic rings. The van der Waals surface area contributed by atoms with Gasteiger partial charge in [0.25, 0.3) is 0 Å². The van der Waals surface area contributed by atoms with E-state index in [1.165, 1.54) is 18.5 Å². The summed E-state index contributed by atoms with van der Waals surface area (Å²) in [5, 5.41) is 6.21. The molecule has 0 aliphatic carbocycles. The summed E-state index contributed by atoms with van der Waals surface area (Å²) in [5.74, 6) is 1.10. The molecule has 1 atom stereocenters. The molecule has 5 nitrogen and oxygen atoms in total. The maximum absolute atomic E-state index is 12.1. The van der Waals surface area contributed by atoms with Gasteiger partial charge in [-0.1, -0.05) is 0 Å². The number of nitrogens with one attached hydrogen (secondary N) is 2. The van der Waals surface area contributed by atoms with Crippen molar-refractivity contribution in [2.24, 2.45) is 0 Å². The smallest absolute Gasteiger partial charge is 0.241 e. The second-order valence-corrected chi connectivity index (χ2v) is 6.40. The van der Waals surface area contributed by atoms with Crippen LogP contribution in [0.4, 0.5) is 5.69 Å². The molecule has 1 aromatic heterocycles. The fourth-order valence-corrected chi connectivity index (χ4v) is 3.51. The lowest BCUT2D eigenvalue weighted by Gasteiger charge is -2.16. The van der Waals surface area contributed by atoms with Crippen LogP contribution in [0.1, 0.15) is 31.4 Å². The Kier molecular flexibility index (Phi) is 3.87. The molecule has 0 radical (unpaired) electrons. The van der Waals surface area contributed by atoms with E-state index in [1.54, 1.807) is 0 Å². The van der Waals surface area contributed by atoms with E-state index in [0.29, 0.717) is 0 Å². The topological polar surface area (TPSA) is 59.0 Å². The number of fused-ring (bicyclic) bond motifs is 1. The molecule has 3 heterocycles. The van der Waals surface area contributed by atoms with Crippen LogP contribution < -0.4 is 10.6 Å². The zero-order valence-electron chi connectivity index (χ0n) is 13.2. The molecule has 120 valence electrons. The van der Waals surface area contributed by atoms with Crippen molar-refractivity contribution in [2.45, 2.75) is 44.7 Å². The van der Waals surface area contributed by atoms with E-state index in [-0.39, 0.29) is 11.9 Å². The van der Waals surface area contributed by atoms with Gasteiger partial charge in [0.2, 0.25) is 5.91 Å². The maximum atomic E-state index is 12.1. The summed E-state index contributed by atoms with van der Waals surface area (Å²) in [6, 6.07) is 7.97. The van der Waals surface area contributed by atoms with E-state index < -0.39 is 0 Å². The number of aromatic nitrogens is 2. The molecule has 1 saturated heterocycles. The molecule has 4 rings (SSSR count). The van der Waals surface area contributed by atoms with Gasteiger partial charge >= 0.3 is 0 Å². The van der Waals surface area contributed by atoms with Crippen molar-refractivity contribution in [3.8, 4) is 11.4 Å². The summed E-state index contributed by atoms with van der Waals surface area (Å²) in [6.07, 6.45) is 7.59. The van der Waals surface area contributed by atoms with Crippen molar-refractivity contribution >= 4 is 11.6 Å². The normalized spacial score (nSPS) is 20.3. The molecule has 5 heteroatoms. The number of nitrogens with zero attached hydrogens (tertiary/aromatic N) is 2. The minimum Gasteiger partial charge on any atom is -0.328 e. The number of carbonyl (C=O) groups excluding carboxylic acids is 1. The number of hydrogen-bond acceptors (Lipinski definition) is 3. The molecule has 0 saturated carbocycles. The van der Waals surface area contributed by atoms with E-state index >= 15 is 0 Å². The third-order valence-electron chi connectivity index (χ3n) is 4.79. The summed E-state index contributed by atoms with van der Waals surface area (Å²) in [4.78, 5) is 16.7. The largest absolute Gasteiger partial charge is 0.328 e. The van der Waals surface area contributed by atoms with Crippen LogP contribution in [0, 0.1) is 0 Å². The summed E-state index contributed by atoms with van der Waals surface area (Å²) in [6.45, 7) is 1.98. The van der Waals surface area contributed by atoms with Gasteiger partial charge < -0.3 is 15.2 Å². The lowest BCUT2D eigenvalue weighted by molar-refractivity contribution is -0.117. The monoisotopic (exact) mass is 310 g/mol. The highest BCUT2D eigenvalue weighted by Gasteiger charge is 2.22. The number of aryl methyl sites for hydroxylation is 1. The highest BCUT2D eigenvalue weighted by atomic mass is 16.2. The Bertz CT molecular complexity index is 698. The molecule has 1 amide bonds. The van der Waals surface area contributed by atoms with Crippen LogP contribution in [-0.4, -0.2) is 28.0 Å². The Hall–Kier alpha value is -2.14. The first-order chi connectivity index (χ1) is 11.3. The van der Waals surface area contributed by atoms with Gasteiger partial charge in [0.1, 0.15) is 5.82 Å². The summed E-state index contributed by atoms with van der Waals surface area (Å²) in [7, 11) is 0. The van der Waals surface area contributed by atoms with Gasteiger partial charge in [-0.2, -0.15) is 0 Å². The third kappa shape index (κ3) is 2.88. The molecular weight excluding hydrogens is 288 g/mol. The molecule has 2 aliphatic heterocycles. The highest BCUT2D eigenvalue weighted by molar-refractivity contribution is 5.95. The van der Waals surface area contributed by atoms with Crippen molar-refractivity contribution in [3.63, 3.8) is 0 Å². The van der Waals surface area contributed by atoms with Crippen molar-refractivity contribution < 1.29 is 4.79 Å². The summed E-state index contributed by atoms with van der Waals surface area (Å²) < 4.78 is 2.32. The number of hydrogen-bond donors (Lipinski definition) is 2. The van der Waals surface area contributed by atoms with E-state index in [2.05, 4.69) is 20.2 Å². The first kappa shape index (κ1) is 14.5. The average Bonchev–Trinajstić information content (AvgIpc) is 3.25. The quantitative estimate of drug-likeness (QED) is 0.916. The predicted molar refractivity (Wildman–Crippen MR) is 90.3 cm³/mol. The second-order valence-electron chi connectivity index (χ2n) is 6.40. The lowest BCUT2D eigenvalue weighted by atomic mass is 10.1. The molecule has 1 unspecified atom stereocenters. The molecule has 2 N–H and O–H groups in total. The first-order valence-electron chi connectivity index (χ1n) is 8.50. The number of imidazole rings is 1. The van der Waals surface area contributed by atoms with Crippen LogP contribution in [0.3, 0.4) is 0 Å². The number of rotatable bonds is 3. The summed E-state index contributed by atoms with van der Waals surface area (Å²) in [5.41, 5.74) is 3.28. The van der Waals surface area contributed by atoms with E-state index in [0.717, 1.165) is 49.4 Å². The SMILES string of the molecule is O=C(Nc1ccc(-c2ncc3n2CCCC3)cc1)C1CCCN1. The molecule has 0 bridgehead atoms. The van der Waals surface area contributed by atoms with E-state index in [1.807, 2.05) is 30.5 Å². The molecule has 1 aromatic carbocycles. The van der Waals surface area contributed by atoms with Crippen molar-refractivity contribution in [1.29, 1.82) is 0 Å². The Labute approximate surface area is 136 Å². The van der Waals surface area contributed by atoms with Crippen LogP contribution in [0.5, 0.6) is 0 Å². The second kappa shape index (κ2) is 6.16. The molecule has 23 heavy (non-hydrogen) atoms. The fraction of sp³-hybridized carbons (Fsp3) is 0.444. The van der Waals surface area contributed by atoms with Crippen LogP contribution in [-0.2, 0) is 17.8 Å². The number of benzene rings is 1. The highest BCUT2D eigenvalue weighted by Crippen LogP contribution is 2.25. The van der Waals surface area contributed by atoms with E-state index in [9.17, 15) is 4.79 Å². The Morgan fingerprint density at radius 2 is 2.09 bits per heavy atom. The third-order valence-corrected chi connectivity index (χ3v) is 4.79. The lowest BCUT2D eigenvalue weighted by Crippen LogP contribution is -2.35. The van der Waals surface area contributed by atoms with Crippen LogP contribution >= 0.6 is 0 Å². The standard InChI is InChI=1S/C18H22N4O/c23-18(16-5-3-10-19-16)21-14-8-6-13(7-9-14)17-20-12-15-4-1-2-11-22(15)17/h6-9,12,16,19H,1-5,10-11H2,(H,21,23). The van der Waals surface area contributed by atoms with Crippen LogP contribution in [0.25, 0.3) is 11.4 Å². The molecule has 1 fully saturated rings. The molecular formula is C18H22N4O. The van der Waals surface area contributed by atoms with E-state index in [4.69, 9.17) is 0 Å². The minimum atomic E-state index is -0.0472. The van der Waals surface area contributed by atoms with Gasteiger partial charge in [-0.25, -0.2) is 4.98 Å². The minimum absolute atomic E-state index is 0.0472. The predicted octanol–water partition coefficient (Wildman–Crippen LogP) is 2.58. The number of anilines is 1. The van der Waals surface area contributed by atoms with Crippen molar-refractivity contribution in [2.75, 3.05) is 11.9 Å². The van der Waals surface area contributed by atoms with Gasteiger partial charge in [0, 0.05) is 29.7 Å². The summed E-state index contributed by atoms with van der Waals surface area (Å²) >= 11 is 0. The van der Waals surface area contributed by atoms with Crippen molar-refractivity contribution in [3.05, 3.63) is 36.2 Å². The zero-order chi connectivity index (χ0) is 15.6.